The highest BCUT2D eigenvalue weighted by Crippen LogP contribution is 2.43. The van der Waals surface area contributed by atoms with Crippen LogP contribution in [-0.4, -0.2) is 24.1 Å². The molecule has 1 aliphatic carbocycles. The predicted octanol–water partition coefficient (Wildman–Crippen LogP) is 3.67. The first kappa shape index (κ1) is 18.5. The monoisotopic (exact) mass is 357 g/mol. The van der Waals surface area contributed by atoms with Crippen molar-refractivity contribution >= 4 is 11.9 Å². The van der Waals surface area contributed by atoms with Gasteiger partial charge in [0.25, 0.3) is 5.91 Å². The van der Waals surface area contributed by atoms with Crippen LogP contribution >= 0.6 is 0 Å². The number of nitrogens with one attached hydrogen (secondary N) is 1. The molecule has 2 aliphatic rings. The molecule has 1 aliphatic heterocycles. The number of rotatable bonds is 5. The molecular weight excluding hydrogens is 330 g/mol. The number of ether oxygens (including phenoxy) is 2. The van der Waals surface area contributed by atoms with Crippen LogP contribution in [0.5, 0.6) is 5.75 Å². The lowest BCUT2D eigenvalue weighted by Crippen LogP contribution is -2.39. The smallest absolute Gasteiger partial charge is 0.335 e. The van der Waals surface area contributed by atoms with Crippen molar-refractivity contribution in [2.24, 2.45) is 0 Å². The third-order valence-corrected chi connectivity index (χ3v) is 5.28. The Morgan fingerprint density at radius 3 is 2.58 bits per heavy atom. The summed E-state index contributed by atoms with van der Waals surface area (Å²) in [6, 6.07) is 7.66. The van der Waals surface area contributed by atoms with Gasteiger partial charge in [0, 0.05) is 17.7 Å². The molecule has 1 aromatic carbocycles. The number of carbonyl (C=O) groups is 2. The number of esters is 1. The number of benzene rings is 1. The maximum Gasteiger partial charge on any atom is 0.335 e. The standard InChI is InChI=1S/C21H27NO4/c1-3-25-17-11-7-6-10-16(17)14-22-19(23)18-15(2)20(24)26-21(18)12-8-4-5-9-13-21/h6-7,10-11H,3-5,8-9,12-14H2,1-2H3,(H,22,23). The molecule has 1 N–H and O–H groups in total. The quantitative estimate of drug-likeness (QED) is 0.817. The zero-order chi connectivity index (χ0) is 18.6. The normalized spacial score (nSPS) is 19.2. The van der Waals surface area contributed by atoms with Gasteiger partial charge in [0.1, 0.15) is 11.4 Å². The highest BCUT2D eigenvalue weighted by Gasteiger charge is 2.48. The molecule has 5 nitrogen and oxygen atoms in total. The Labute approximate surface area is 154 Å². The minimum Gasteiger partial charge on any atom is -0.494 e. The summed E-state index contributed by atoms with van der Waals surface area (Å²) >= 11 is 0. The van der Waals surface area contributed by atoms with Crippen molar-refractivity contribution in [3.05, 3.63) is 41.0 Å². The minimum absolute atomic E-state index is 0.207. The van der Waals surface area contributed by atoms with E-state index in [2.05, 4.69) is 5.32 Å². The Kier molecular flexibility index (Phi) is 5.64. The van der Waals surface area contributed by atoms with Gasteiger partial charge in [0.05, 0.1) is 12.2 Å². The van der Waals surface area contributed by atoms with E-state index in [1.54, 1.807) is 6.92 Å². The average molecular weight is 357 g/mol. The van der Waals surface area contributed by atoms with Gasteiger partial charge >= 0.3 is 5.97 Å². The molecule has 0 saturated heterocycles. The van der Waals surface area contributed by atoms with E-state index < -0.39 is 5.60 Å². The van der Waals surface area contributed by atoms with E-state index in [4.69, 9.17) is 9.47 Å². The minimum atomic E-state index is -0.735. The number of hydrogen-bond donors (Lipinski definition) is 1. The molecule has 0 atom stereocenters. The molecule has 0 aromatic heterocycles. The second-order valence-corrected chi connectivity index (χ2v) is 7.02. The Morgan fingerprint density at radius 1 is 1.19 bits per heavy atom. The molecule has 1 spiro atoms. The maximum atomic E-state index is 13.0. The van der Waals surface area contributed by atoms with Crippen LogP contribution in [0.3, 0.4) is 0 Å². The molecule has 0 bridgehead atoms. The van der Waals surface area contributed by atoms with Crippen molar-refractivity contribution in [3.8, 4) is 5.75 Å². The molecule has 1 amide bonds. The van der Waals surface area contributed by atoms with Gasteiger partial charge < -0.3 is 14.8 Å². The molecule has 26 heavy (non-hydrogen) atoms. The summed E-state index contributed by atoms with van der Waals surface area (Å²) < 4.78 is 11.3. The molecule has 1 heterocycles. The van der Waals surface area contributed by atoms with Crippen molar-refractivity contribution in [3.63, 3.8) is 0 Å². The van der Waals surface area contributed by atoms with E-state index in [1.807, 2.05) is 31.2 Å². The number of amides is 1. The molecule has 1 saturated carbocycles. The summed E-state index contributed by atoms with van der Waals surface area (Å²) in [6.07, 6.45) is 5.65. The molecule has 1 aromatic rings. The van der Waals surface area contributed by atoms with Gasteiger partial charge in [-0.05, 0) is 45.6 Å². The van der Waals surface area contributed by atoms with Crippen LogP contribution in [0.15, 0.2) is 35.4 Å². The summed E-state index contributed by atoms with van der Waals surface area (Å²) in [4.78, 5) is 25.2. The van der Waals surface area contributed by atoms with Crippen molar-refractivity contribution in [2.45, 2.75) is 64.5 Å². The Balaban J connectivity index is 1.78. The highest BCUT2D eigenvalue weighted by atomic mass is 16.6. The largest absolute Gasteiger partial charge is 0.494 e. The fourth-order valence-electron chi connectivity index (χ4n) is 3.99. The average Bonchev–Trinajstić information content (AvgIpc) is 2.78. The first-order valence-corrected chi connectivity index (χ1v) is 9.51. The molecule has 0 unspecified atom stereocenters. The van der Waals surface area contributed by atoms with Crippen LogP contribution in [0.25, 0.3) is 0 Å². The molecule has 3 rings (SSSR count). The first-order chi connectivity index (χ1) is 12.6. The van der Waals surface area contributed by atoms with Gasteiger partial charge in [0.2, 0.25) is 0 Å². The van der Waals surface area contributed by atoms with Crippen LogP contribution in [0.1, 0.15) is 57.9 Å². The van der Waals surface area contributed by atoms with Crippen molar-refractivity contribution in [2.75, 3.05) is 6.61 Å². The van der Waals surface area contributed by atoms with E-state index in [9.17, 15) is 9.59 Å². The number of carbonyl (C=O) groups excluding carboxylic acids is 2. The summed E-state index contributed by atoms with van der Waals surface area (Å²) in [5.74, 6) is 0.206. The lowest BCUT2D eigenvalue weighted by Gasteiger charge is -2.29. The number of hydrogen-bond acceptors (Lipinski definition) is 4. The maximum absolute atomic E-state index is 13.0. The lowest BCUT2D eigenvalue weighted by molar-refractivity contribution is -0.148. The highest BCUT2D eigenvalue weighted by molar-refractivity contribution is 6.07. The number of para-hydroxylation sites is 1. The van der Waals surface area contributed by atoms with E-state index in [0.717, 1.165) is 49.8 Å². The molecular formula is C21H27NO4. The van der Waals surface area contributed by atoms with E-state index in [-0.39, 0.29) is 11.9 Å². The van der Waals surface area contributed by atoms with Gasteiger partial charge in [-0.2, -0.15) is 0 Å². The van der Waals surface area contributed by atoms with Crippen LogP contribution in [0.4, 0.5) is 0 Å². The van der Waals surface area contributed by atoms with Gasteiger partial charge in [-0.25, -0.2) is 4.79 Å². The van der Waals surface area contributed by atoms with Crippen molar-refractivity contribution in [1.82, 2.24) is 5.32 Å². The van der Waals surface area contributed by atoms with Gasteiger partial charge in [-0.3, -0.25) is 4.79 Å². The second kappa shape index (κ2) is 7.94. The fraction of sp³-hybridized carbons (Fsp3) is 0.524. The SMILES string of the molecule is CCOc1ccccc1CNC(=O)C1=C(C)C(=O)OC12CCCCCC2. The summed E-state index contributed by atoms with van der Waals surface area (Å²) in [5, 5.41) is 2.97. The molecule has 1 fully saturated rings. The summed E-state index contributed by atoms with van der Waals surface area (Å²) in [7, 11) is 0. The Hall–Kier alpha value is -2.30. The lowest BCUT2D eigenvalue weighted by atomic mass is 9.84. The van der Waals surface area contributed by atoms with Gasteiger partial charge in [-0.1, -0.05) is 31.0 Å². The van der Waals surface area contributed by atoms with Crippen LogP contribution in [-0.2, 0) is 20.9 Å². The van der Waals surface area contributed by atoms with E-state index in [0.29, 0.717) is 24.3 Å². The zero-order valence-corrected chi connectivity index (χ0v) is 15.6. The molecule has 140 valence electrons. The van der Waals surface area contributed by atoms with Crippen LogP contribution in [0.2, 0.25) is 0 Å². The van der Waals surface area contributed by atoms with Gasteiger partial charge in [0.15, 0.2) is 0 Å². The summed E-state index contributed by atoms with van der Waals surface area (Å²) in [5.41, 5.74) is 1.16. The fourth-order valence-corrected chi connectivity index (χ4v) is 3.99. The topological polar surface area (TPSA) is 64.6 Å². The Morgan fingerprint density at radius 2 is 1.88 bits per heavy atom. The first-order valence-electron chi connectivity index (χ1n) is 9.51. The zero-order valence-electron chi connectivity index (χ0n) is 15.6. The van der Waals surface area contributed by atoms with E-state index >= 15 is 0 Å². The van der Waals surface area contributed by atoms with Crippen LogP contribution < -0.4 is 10.1 Å². The van der Waals surface area contributed by atoms with Crippen LogP contribution in [0, 0.1) is 0 Å². The molecule has 5 heteroatoms. The second-order valence-electron chi connectivity index (χ2n) is 7.02. The van der Waals surface area contributed by atoms with Crippen molar-refractivity contribution < 1.29 is 19.1 Å². The van der Waals surface area contributed by atoms with Crippen molar-refractivity contribution in [1.29, 1.82) is 0 Å². The summed E-state index contributed by atoms with van der Waals surface area (Å²) in [6.45, 7) is 4.56. The third-order valence-electron chi connectivity index (χ3n) is 5.28. The molecule has 0 radical (unpaired) electrons. The van der Waals surface area contributed by atoms with E-state index in [1.165, 1.54) is 0 Å². The third kappa shape index (κ3) is 3.62. The Bertz CT molecular complexity index is 714. The predicted molar refractivity (Wildman–Crippen MR) is 98.7 cm³/mol. The van der Waals surface area contributed by atoms with Gasteiger partial charge in [-0.15, -0.1) is 0 Å².